The Morgan fingerprint density at radius 1 is 1.22 bits per heavy atom. The van der Waals surface area contributed by atoms with Gasteiger partial charge in [0.05, 0.1) is 5.54 Å². The molecule has 2 fully saturated rings. The number of amides is 2. The molecule has 7 nitrogen and oxygen atoms in total. The van der Waals surface area contributed by atoms with Crippen LogP contribution in [-0.2, 0) is 13.1 Å². The summed E-state index contributed by atoms with van der Waals surface area (Å²) >= 11 is 0. The number of nitrogens with one attached hydrogen (secondary N) is 1. The fraction of sp³-hybridized carbons (Fsp3) is 0.409. The molecule has 32 heavy (non-hydrogen) atoms. The molecule has 2 aromatic rings. The lowest BCUT2D eigenvalue weighted by Crippen LogP contribution is -2.55. The summed E-state index contributed by atoms with van der Waals surface area (Å²) in [5.41, 5.74) is -2.61. The fourth-order valence-corrected chi connectivity index (χ4v) is 5.45. The molecule has 1 aromatic heterocycles. The van der Waals surface area contributed by atoms with E-state index in [0.29, 0.717) is 31.1 Å². The summed E-state index contributed by atoms with van der Waals surface area (Å²) in [7, 11) is 0. The Morgan fingerprint density at radius 2 is 1.94 bits per heavy atom. The van der Waals surface area contributed by atoms with Gasteiger partial charge in [-0.1, -0.05) is 6.42 Å². The molecular formula is C22H20F3N3O4. The molecule has 2 aliphatic heterocycles. The summed E-state index contributed by atoms with van der Waals surface area (Å²) in [5.74, 6) is -5.29. The van der Waals surface area contributed by atoms with E-state index < -0.39 is 63.7 Å². The molecule has 10 heteroatoms. The number of rotatable bonds is 3. The van der Waals surface area contributed by atoms with Gasteiger partial charge in [-0.25, -0.2) is 13.2 Å². The Morgan fingerprint density at radius 3 is 2.66 bits per heavy atom. The van der Waals surface area contributed by atoms with Crippen molar-refractivity contribution in [2.75, 3.05) is 6.54 Å². The zero-order valence-corrected chi connectivity index (χ0v) is 17.0. The molecule has 2 N–H and O–H groups in total. The monoisotopic (exact) mass is 447 g/mol. The summed E-state index contributed by atoms with van der Waals surface area (Å²) in [4.78, 5) is 40.1. The van der Waals surface area contributed by atoms with Crippen LogP contribution in [0.4, 0.5) is 13.2 Å². The Bertz CT molecular complexity index is 1200. The quantitative estimate of drug-likeness (QED) is 0.756. The highest BCUT2D eigenvalue weighted by molar-refractivity contribution is 5.99. The van der Waals surface area contributed by atoms with Crippen LogP contribution in [0.2, 0.25) is 0 Å². The first-order valence-corrected chi connectivity index (χ1v) is 10.4. The van der Waals surface area contributed by atoms with Gasteiger partial charge in [0.1, 0.15) is 23.0 Å². The van der Waals surface area contributed by atoms with Crippen LogP contribution in [-0.4, -0.2) is 38.5 Å². The highest BCUT2D eigenvalue weighted by Crippen LogP contribution is 2.48. The molecule has 1 saturated carbocycles. The van der Waals surface area contributed by atoms with Gasteiger partial charge in [-0.3, -0.25) is 14.4 Å². The van der Waals surface area contributed by atoms with Crippen molar-refractivity contribution in [3.63, 3.8) is 0 Å². The Labute approximate surface area is 180 Å². The van der Waals surface area contributed by atoms with E-state index in [4.69, 9.17) is 0 Å². The Hall–Kier alpha value is -3.30. The number of hydrogen-bond acceptors (Lipinski definition) is 4. The van der Waals surface area contributed by atoms with E-state index in [1.807, 2.05) is 0 Å². The lowest BCUT2D eigenvalue weighted by molar-refractivity contribution is 0.0419. The van der Waals surface area contributed by atoms with E-state index in [-0.39, 0.29) is 5.69 Å². The molecule has 1 saturated heterocycles. The third kappa shape index (κ3) is 3.00. The summed E-state index contributed by atoms with van der Waals surface area (Å²) in [5, 5.41) is 12.7. The van der Waals surface area contributed by atoms with Crippen LogP contribution in [0.5, 0.6) is 5.75 Å². The van der Waals surface area contributed by atoms with E-state index in [9.17, 15) is 32.7 Å². The molecule has 1 aromatic carbocycles. The maximum absolute atomic E-state index is 13.8. The fourth-order valence-electron chi connectivity index (χ4n) is 5.45. The average molecular weight is 447 g/mol. The van der Waals surface area contributed by atoms with Crippen molar-refractivity contribution in [1.29, 1.82) is 0 Å². The predicted molar refractivity (Wildman–Crippen MR) is 106 cm³/mol. The lowest BCUT2D eigenvalue weighted by atomic mass is 9.79. The van der Waals surface area contributed by atoms with Crippen LogP contribution >= 0.6 is 0 Å². The SMILES string of the molecule is O=C(NCc1c(F)cc(F)cc1F)c1cn2c(c(O)c1=O)C(=O)N1C[C@H]3CCC[C@]1(C3)C2. The molecule has 5 rings (SSSR count). The van der Waals surface area contributed by atoms with Crippen molar-refractivity contribution < 1.29 is 27.9 Å². The number of fused-ring (bicyclic) bond motifs is 2. The van der Waals surface area contributed by atoms with E-state index in [1.165, 1.54) is 10.8 Å². The van der Waals surface area contributed by atoms with Crippen molar-refractivity contribution >= 4 is 11.8 Å². The minimum Gasteiger partial charge on any atom is -0.503 e. The minimum atomic E-state index is -1.18. The molecule has 0 radical (unpaired) electrons. The van der Waals surface area contributed by atoms with Crippen LogP contribution in [0, 0.1) is 23.4 Å². The highest BCUT2D eigenvalue weighted by atomic mass is 19.1. The highest BCUT2D eigenvalue weighted by Gasteiger charge is 2.53. The van der Waals surface area contributed by atoms with Gasteiger partial charge >= 0.3 is 0 Å². The van der Waals surface area contributed by atoms with Crippen LogP contribution in [0.15, 0.2) is 23.1 Å². The van der Waals surface area contributed by atoms with Crippen molar-refractivity contribution in [1.82, 2.24) is 14.8 Å². The third-order valence-corrected chi connectivity index (χ3v) is 6.88. The largest absolute Gasteiger partial charge is 0.503 e. The maximum Gasteiger partial charge on any atom is 0.275 e. The van der Waals surface area contributed by atoms with Crippen molar-refractivity contribution in [3.05, 3.63) is 62.8 Å². The van der Waals surface area contributed by atoms with E-state index in [2.05, 4.69) is 5.32 Å². The van der Waals surface area contributed by atoms with Crippen molar-refractivity contribution in [2.45, 2.75) is 44.3 Å². The topological polar surface area (TPSA) is 91.6 Å². The molecule has 3 heterocycles. The van der Waals surface area contributed by atoms with Crippen LogP contribution in [0.3, 0.4) is 0 Å². The zero-order chi connectivity index (χ0) is 22.8. The number of aromatic nitrogens is 1. The van der Waals surface area contributed by atoms with Gasteiger partial charge in [-0.2, -0.15) is 0 Å². The standard InChI is InChI=1S/C22H20F3N3O4/c23-12-4-15(24)13(16(25)5-12)7-26-20(31)14-9-27-10-22-3-1-2-11(6-22)8-28(22)21(32)17(27)19(30)18(14)29/h4-5,9,11,30H,1-3,6-8,10H2,(H,26,31)/t11-,22-/m0/s1. The summed E-state index contributed by atoms with van der Waals surface area (Å²) in [6.07, 6.45) is 4.84. The first-order chi connectivity index (χ1) is 15.2. The Balaban J connectivity index is 1.46. The zero-order valence-electron chi connectivity index (χ0n) is 17.0. The Kier molecular flexibility index (Phi) is 4.58. The minimum absolute atomic E-state index is 0.152. The van der Waals surface area contributed by atoms with Crippen molar-refractivity contribution in [3.8, 4) is 5.75 Å². The smallest absolute Gasteiger partial charge is 0.275 e. The normalized spacial score (nSPS) is 23.7. The second-order valence-corrected chi connectivity index (χ2v) is 8.83. The first kappa shape index (κ1) is 20.6. The molecule has 2 atom stereocenters. The van der Waals surface area contributed by atoms with Gasteiger partial charge in [0.15, 0.2) is 11.4 Å². The van der Waals surface area contributed by atoms with Gasteiger partial charge in [0, 0.05) is 43.5 Å². The molecule has 1 aliphatic carbocycles. The second-order valence-electron chi connectivity index (χ2n) is 8.83. The number of nitrogens with zero attached hydrogens (tertiary/aromatic N) is 2. The third-order valence-electron chi connectivity index (χ3n) is 6.88. The molecule has 2 amide bonds. The van der Waals surface area contributed by atoms with E-state index in [0.717, 1.165) is 25.7 Å². The van der Waals surface area contributed by atoms with Crippen LogP contribution < -0.4 is 10.7 Å². The summed E-state index contributed by atoms with van der Waals surface area (Å²) < 4.78 is 42.2. The number of aromatic hydroxyl groups is 1. The molecule has 0 unspecified atom stereocenters. The number of halogens is 3. The van der Waals surface area contributed by atoms with Gasteiger partial charge in [-0.15, -0.1) is 0 Å². The van der Waals surface area contributed by atoms with Crippen molar-refractivity contribution in [2.24, 2.45) is 5.92 Å². The predicted octanol–water partition coefficient (Wildman–Crippen LogP) is 2.30. The number of carbonyl (C=O) groups is 2. The first-order valence-electron chi connectivity index (χ1n) is 10.4. The number of hydrogen-bond donors (Lipinski definition) is 2. The molecule has 3 aliphatic rings. The number of pyridine rings is 1. The molecule has 1 spiro atoms. The molecule has 168 valence electrons. The van der Waals surface area contributed by atoms with Crippen LogP contribution in [0.1, 0.15) is 52.1 Å². The molecule has 2 bridgehead atoms. The van der Waals surface area contributed by atoms with Gasteiger partial charge < -0.3 is 19.9 Å². The average Bonchev–Trinajstić information content (AvgIpc) is 2.99. The molecular weight excluding hydrogens is 427 g/mol. The summed E-state index contributed by atoms with van der Waals surface area (Å²) in [6, 6.07) is 0.972. The van der Waals surface area contributed by atoms with Gasteiger partial charge in [0.25, 0.3) is 11.8 Å². The van der Waals surface area contributed by atoms with Gasteiger partial charge in [0.2, 0.25) is 5.43 Å². The number of benzene rings is 1. The van der Waals surface area contributed by atoms with Gasteiger partial charge in [-0.05, 0) is 25.2 Å². The van der Waals surface area contributed by atoms with E-state index in [1.54, 1.807) is 4.90 Å². The van der Waals surface area contributed by atoms with Crippen LogP contribution in [0.25, 0.3) is 0 Å². The summed E-state index contributed by atoms with van der Waals surface area (Å²) in [6.45, 7) is 0.306. The van der Waals surface area contributed by atoms with E-state index >= 15 is 0 Å². The number of carbonyl (C=O) groups excluding carboxylic acids is 2. The second kappa shape index (κ2) is 7.11. The lowest BCUT2D eigenvalue weighted by Gasteiger charge is -2.44. The maximum atomic E-state index is 13.8.